The van der Waals surface area contributed by atoms with Crippen molar-refractivity contribution in [2.45, 2.75) is 18.7 Å². The van der Waals surface area contributed by atoms with Crippen molar-refractivity contribution >= 4 is 27.0 Å². The maximum absolute atomic E-state index is 12.9. The summed E-state index contributed by atoms with van der Waals surface area (Å²) in [4.78, 5) is 4.92. The van der Waals surface area contributed by atoms with Gasteiger partial charge in [-0.05, 0) is 26.0 Å². The van der Waals surface area contributed by atoms with Gasteiger partial charge in [-0.2, -0.15) is 5.10 Å². The molecular formula is C21H20N4O2S2. The van der Waals surface area contributed by atoms with E-state index < -0.39 is 10.0 Å². The predicted molar refractivity (Wildman–Crippen MR) is 116 cm³/mol. The molecule has 4 rings (SSSR count). The summed E-state index contributed by atoms with van der Waals surface area (Å²) in [7, 11) is -2.01. The van der Waals surface area contributed by atoms with Crippen molar-refractivity contribution in [2.75, 3.05) is 4.72 Å². The zero-order valence-electron chi connectivity index (χ0n) is 16.2. The summed E-state index contributed by atoms with van der Waals surface area (Å²) in [5.74, 6) is 0. The Morgan fingerprint density at radius 2 is 1.72 bits per heavy atom. The van der Waals surface area contributed by atoms with E-state index in [2.05, 4.69) is 9.82 Å². The Balaban J connectivity index is 1.64. The molecule has 4 aromatic rings. The maximum Gasteiger partial charge on any atom is 0.265 e. The molecule has 148 valence electrons. The van der Waals surface area contributed by atoms with E-state index in [1.54, 1.807) is 49.0 Å². The van der Waals surface area contributed by atoms with Gasteiger partial charge >= 0.3 is 0 Å². The molecule has 0 amide bonds. The molecule has 8 heteroatoms. The van der Waals surface area contributed by atoms with E-state index in [1.165, 1.54) is 0 Å². The van der Waals surface area contributed by atoms with E-state index in [-0.39, 0.29) is 4.90 Å². The molecule has 0 saturated carbocycles. The van der Waals surface area contributed by atoms with E-state index in [0.29, 0.717) is 17.1 Å². The SMILES string of the molecule is Cc1nn(C)c(C)c1S(=O)(=O)Nc1cccc(-c2csc(-c3ccccc3)n2)c1. The highest BCUT2D eigenvalue weighted by atomic mass is 32.2. The average Bonchev–Trinajstić information content (AvgIpc) is 3.27. The number of benzene rings is 2. The third-order valence-corrected chi connectivity index (χ3v) is 7.17. The number of sulfonamides is 1. The Bertz CT molecular complexity index is 1280. The fourth-order valence-corrected chi connectivity index (χ4v) is 5.54. The number of aryl methyl sites for hydroxylation is 2. The van der Waals surface area contributed by atoms with Crippen molar-refractivity contribution in [2.24, 2.45) is 7.05 Å². The van der Waals surface area contributed by atoms with Crippen LogP contribution in [0.15, 0.2) is 64.9 Å². The largest absolute Gasteiger partial charge is 0.279 e. The summed E-state index contributed by atoms with van der Waals surface area (Å²) in [6.07, 6.45) is 0. The number of hydrogen-bond donors (Lipinski definition) is 1. The van der Waals surface area contributed by atoms with Gasteiger partial charge in [-0.15, -0.1) is 11.3 Å². The zero-order chi connectivity index (χ0) is 20.6. The van der Waals surface area contributed by atoms with Crippen molar-refractivity contribution in [3.05, 3.63) is 71.4 Å². The summed E-state index contributed by atoms with van der Waals surface area (Å²) >= 11 is 1.56. The standard InChI is InChI=1S/C21H20N4O2S2/c1-14-20(15(2)25(3)23-14)29(26,27)24-18-11-7-10-17(12-18)19-13-28-21(22-19)16-8-5-4-6-9-16/h4-13,24H,1-3H3. The molecule has 0 spiro atoms. The number of thiazole rings is 1. The Kier molecular flexibility index (Phi) is 4.97. The summed E-state index contributed by atoms with van der Waals surface area (Å²) in [5.41, 5.74) is 4.27. The predicted octanol–water partition coefficient (Wildman–Crippen LogP) is 4.63. The van der Waals surface area contributed by atoms with Crippen molar-refractivity contribution < 1.29 is 8.42 Å². The van der Waals surface area contributed by atoms with Crippen LogP contribution in [-0.4, -0.2) is 23.2 Å². The number of nitrogens with one attached hydrogen (secondary N) is 1. The minimum absolute atomic E-state index is 0.213. The van der Waals surface area contributed by atoms with Crippen LogP contribution in [0, 0.1) is 13.8 Å². The van der Waals surface area contributed by atoms with Gasteiger partial charge in [-0.25, -0.2) is 13.4 Å². The van der Waals surface area contributed by atoms with Crippen LogP contribution < -0.4 is 4.72 Å². The van der Waals surface area contributed by atoms with Crippen LogP contribution in [0.25, 0.3) is 21.8 Å². The van der Waals surface area contributed by atoms with Crippen LogP contribution in [0.1, 0.15) is 11.4 Å². The first kappa shape index (κ1) is 19.4. The van der Waals surface area contributed by atoms with Crippen LogP contribution in [0.3, 0.4) is 0 Å². The minimum atomic E-state index is -3.74. The van der Waals surface area contributed by atoms with Crippen LogP contribution in [0.5, 0.6) is 0 Å². The van der Waals surface area contributed by atoms with Crippen LogP contribution in [0.4, 0.5) is 5.69 Å². The summed E-state index contributed by atoms with van der Waals surface area (Å²) < 4.78 is 30.1. The molecule has 1 N–H and O–H groups in total. The van der Waals surface area contributed by atoms with Crippen LogP contribution in [-0.2, 0) is 17.1 Å². The van der Waals surface area contributed by atoms with Gasteiger partial charge in [0.15, 0.2) is 0 Å². The molecule has 29 heavy (non-hydrogen) atoms. The van der Waals surface area contributed by atoms with E-state index in [9.17, 15) is 8.42 Å². The Hall–Kier alpha value is -2.97. The minimum Gasteiger partial charge on any atom is -0.279 e. The molecule has 2 aromatic heterocycles. The van der Waals surface area contributed by atoms with E-state index >= 15 is 0 Å². The van der Waals surface area contributed by atoms with Crippen molar-refractivity contribution in [3.8, 4) is 21.8 Å². The summed E-state index contributed by atoms with van der Waals surface area (Å²) in [5, 5.41) is 7.11. The summed E-state index contributed by atoms with van der Waals surface area (Å²) in [6, 6.07) is 17.2. The molecule has 0 fully saturated rings. The number of rotatable bonds is 5. The van der Waals surface area contributed by atoms with Gasteiger partial charge in [0.2, 0.25) is 0 Å². The molecule has 0 radical (unpaired) electrons. The molecule has 0 bridgehead atoms. The van der Waals surface area contributed by atoms with E-state index in [4.69, 9.17) is 4.98 Å². The van der Waals surface area contributed by atoms with Gasteiger partial charge in [0, 0.05) is 29.2 Å². The lowest BCUT2D eigenvalue weighted by Crippen LogP contribution is -2.15. The fraction of sp³-hybridized carbons (Fsp3) is 0.143. The van der Waals surface area contributed by atoms with Gasteiger partial charge < -0.3 is 0 Å². The van der Waals surface area contributed by atoms with E-state index in [0.717, 1.165) is 21.8 Å². The molecule has 2 heterocycles. The van der Waals surface area contributed by atoms with Gasteiger partial charge in [-0.1, -0.05) is 42.5 Å². The third kappa shape index (κ3) is 3.81. The second kappa shape index (κ2) is 7.46. The average molecular weight is 425 g/mol. The highest BCUT2D eigenvalue weighted by molar-refractivity contribution is 7.92. The Labute approximate surface area is 173 Å². The van der Waals surface area contributed by atoms with Gasteiger partial charge in [0.1, 0.15) is 9.90 Å². The van der Waals surface area contributed by atoms with Crippen molar-refractivity contribution in [1.82, 2.24) is 14.8 Å². The molecule has 0 atom stereocenters. The molecule has 2 aromatic carbocycles. The topological polar surface area (TPSA) is 76.9 Å². The highest BCUT2D eigenvalue weighted by Crippen LogP contribution is 2.30. The van der Waals surface area contributed by atoms with Crippen molar-refractivity contribution in [1.29, 1.82) is 0 Å². The smallest absolute Gasteiger partial charge is 0.265 e. The summed E-state index contributed by atoms with van der Waals surface area (Å²) in [6.45, 7) is 3.43. The molecule has 0 saturated heterocycles. The number of nitrogens with zero attached hydrogens (tertiary/aromatic N) is 3. The first-order valence-corrected chi connectivity index (χ1v) is 11.4. The number of hydrogen-bond acceptors (Lipinski definition) is 5. The molecule has 0 aliphatic rings. The molecule has 0 unspecified atom stereocenters. The number of anilines is 1. The van der Waals surface area contributed by atoms with Gasteiger partial charge in [0.05, 0.1) is 17.1 Å². The third-order valence-electron chi connectivity index (χ3n) is 4.65. The lowest BCUT2D eigenvalue weighted by Gasteiger charge is -2.09. The van der Waals surface area contributed by atoms with E-state index in [1.807, 2.05) is 47.8 Å². The van der Waals surface area contributed by atoms with Gasteiger partial charge in [-0.3, -0.25) is 9.40 Å². The monoisotopic (exact) mass is 424 g/mol. The van der Waals surface area contributed by atoms with Crippen LogP contribution >= 0.6 is 11.3 Å². The molecule has 0 aliphatic carbocycles. The maximum atomic E-state index is 12.9. The molecule has 6 nitrogen and oxygen atoms in total. The zero-order valence-corrected chi connectivity index (χ0v) is 17.9. The van der Waals surface area contributed by atoms with Gasteiger partial charge in [0.25, 0.3) is 10.0 Å². The highest BCUT2D eigenvalue weighted by Gasteiger charge is 2.24. The Morgan fingerprint density at radius 3 is 2.41 bits per heavy atom. The van der Waals surface area contributed by atoms with Crippen LogP contribution in [0.2, 0.25) is 0 Å². The normalized spacial score (nSPS) is 11.6. The lowest BCUT2D eigenvalue weighted by atomic mass is 10.1. The van der Waals surface area contributed by atoms with Crippen molar-refractivity contribution in [3.63, 3.8) is 0 Å². The molecule has 0 aliphatic heterocycles. The number of aromatic nitrogens is 3. The lowest BCUT2D eigenvalue weighted by molar-refractivity contribution is 0.599. The fourth-order valence-electron chi connectivity index (χ4n) is 3.21. The first-order valence-electron chi connectivity index (χ1n) is 8.99. The molecular weight excluding hydrogens is 404 g/mol. The Morgan fingerprint density at radius 1 is 1.00 bits per heavy atom. The second-order valence-corrected chi connectivity index (χ2v) is 9.19. The second-order valence-electron chi connectivity index (χ2n) is 6.71. The quantitative estimate of drug-likeness (QED) is 0.507. The first-order chi connectivity index (χ1) is 13.8.